The van der Waals surface area contributed by atoms with Gasteiger partial charge in [-0.2, -0.15) is 0 Å². The third-order valence-electron chi connectivity index (χ3n) is 4.44. The second kappa shape index (κ2) is 3.56. The van der Waals surface area contributed by atoms with Crippen molar-refractivity contribution in [3.63, 3.8) is 0 Å². The van der Waals surface area contributed by atoms with Crippen LogP contribution in [0.4, 0.5) is 0 Å². The molecule has 0 saturated heterocycles. The van der Waals surface area contributed by atoms with E-state index in [0.717, 1.165) is 17.8 Å². The van der Waals surface area contributed by atoms with Gasteiger partial charge in [-0.3, -0.25) is 0 Å². The van der Waals surface area contributed by atoms with Crippen LogP contribution < -0.4 is 0 Å². The fourth-order valence-electron chi connectivity index (χ4n) is 3.32. The third-order valence-corrected chi connectivity index (χ3v) is 5.56. The summed E-state index contributed by atoms with van der Waals surface area (Å²) >= 11 is 3.75. The SMILES string of the molecule is CCCC(C)C1(CBr)CC2CC2C1. The zero-order chi connectivity index (χ0) is 9.47. The lowest BCUT2D eigenvalue weighted by atomic mass is 9.72. The molecule has 76 valence electrons. The summed E-state index contributed by atoms with van der Waals surface area (Å²) in [5.74, 6) is 3.18. The van der Waals surface area contributed by atoms with Crippen molar-refractivity contribution in [1.29, 1.82) is 0 Å². The highest BCUT2D eigenvalue weighted by Gasteiger charge is 2.54. The summed E-state index contributed by atoms with van der Waals surface area (Å²) in [5.41, 5.74) is 0.684. The van der Waals surface area contributed by atoms with Gasteiger partial charge in [-0.1, -0.05) is 42.6 Å². The van der Waals surface area contributed by atoms with Gasteiger partial charge < -0.3 is 0 Å². The smallest absolute Gasteiger partial charge is 0.00907 e. The van der Waals surface area contributed by atoms with E-state index in [1.807, 2.05) is 0 Å². The molecule has 2 aliphatic rings. The molecular formula is C12H21Br. The standard InChI is InChI=1S/C12H21Br/c1-3-4-9(2)12(8-13)6-10-5-11(10)7-12/h9-11H,3-8H2,1-2H3. The molecule has 13 heavy (non-hydrogen) atoms. The molecule has 0 bridgehead atoms. The molecule has 0 nitrogen and oxygen atoms in total. The quantitative estimate of drug-likeness (QED) is 0.650. The van der Waals surface area contributed by atoms with Gasteiger partial charge >= 0.3 is 0 Å². The summed E-state index contributed by atoms with van der Waals surface area (Å²) in [4.78, 5) is 0. The molecule has 2 rings (SSSR count). The maximum absolute atomic E-state index is 3.75. The topological polar surface area (TPSA) is 0 Å². The van der Waals surface area contributed by atoms with Crippen LogP contribution in [0.3, 0.4) is 0 Å². The van der Waals surface area contributed by atoms with Crippen LogP contribution in [-0.2, 0) is 0 Å². The van der Waals surface area contributed by atoms with E-state index in [4.69, 9.17) is 0 Å². The first-order valence-electron chi connectivity index (χ1n) is 5.78. The van der Waals surface area contributed by atoms with E-state index in [1.54, 1.807) is 6.42 Å². The van der Waals surface area contributed by atoms with Crippen molar-refractivity contribution >= 4 is 15.9 Å². The van der Waals surface area contributed by atoms with Crippen LogP contribution in [0.15, 0.2) is 0 Å². The Kier molecular flexibility index (Phi) is 2.75. The van der Waals surface area contributed by atoms with Gasteiger partial charge in [0.05, 0.1) is 0 Å². The minimum atomic E-state index is 0.684. The summed E-state index contributed by atoms with van der Waals surface area (Å²) in [7, 11) is 0. The zero-order valence-corrected chi connectivity index (χ0v) is 10.4. The third kappa shape index (κ3) is 1.69. The molecule has 0 aliphatic heterocycles. The maximum atomic E-state index is 3.75. The van der Waals surface area contributed by atoms with Crippen LogP contribution >= 0.6 is 15.9 Å². The van der Waals surface area contributed by atoms with E-state index in [1.165, 1.54) is 31.0 Å². The van der Waals surface area contributed by atoms with E-state index < -0.39 is 0 Å². The maximum Gasteiger partial charge on any atom is 0.00907 e. The average Bonchev–Trinajstić information content (AvgIpc) is 2.74. The lowest BCUT2D eigenvalue weighted by Gasteiger charge is -2.35. The van der Waals surface area contributed by atoms with E-state index in [-0.39, 0.29) is 0 Å². The fourth-order valence-corrected chi connectivity index (χ4v) is 4.33. The van der Waals surface area contributed by atoms with Crippen LogP contribution in [0.5, 0.6) is 0 Å². The summed E-state index contributed by atoms with van der Waals surface area (Å²) in [6.07, 6.45) is 7.36. The number of fused-ring (bicyclic) bond motifs is 1. The van der Waals surface area contributed by atoms with Gasteiger partial charge in [0.2, 0.25) is 0 Å². The Bertz CT molecular complexity index is 178. The Morgan fingerprint density at radius 3 is 2.46 bits per heavy atom. The summed E-state index contributed by atoms with van der Waals surface area (Å²) in [6.45, 7) is 4.78. The molecule has 0 aromatic rings. The normalized spacial score (nSPS) is 44.5. The summed E-state index contributed by atoms with van der Waals surface area (Å²) in [6, 6.07) is 0. The largest absolute Gasteiger partial charge is 0.0922 e. The molecule has 0 aromatic carbocycles. The second-order valence-corrected chi connectivity index (χ2v) is 5.91. The number of hydrogen-bond acceptors (Lipinski definition) is 0. The molecule has 0 spiro atoms. The average molecular weight is 245 g/mol. The Hall–Kier alpha value is 0.480. The Labute approximate surface area is 90.6 Å². The van der Waals surface area contributed by atoms with Crippen molar-refractivity contribution in [2.75, 3.05) is 5.33 Å². The Morgan fingerprint density at radius 2 is 2.00 bits per heavy atom. The van der Waals surface area contributed by atoms with Crippen molar-refractivity contribution in [1.82, 2.24) is 0 Å². The second-order valence-electron chi connectivity index (χ2n) is 5.35. The molecular weight excluding hydrogens is 224 g/mol. The number of alkyl halides is 1. The van der Waals surface area contributed by atoms with Crippen molar-refractivity contribution in [3.05, 3.63) is 0 Å². The fraction of sp³-hybridized carbons (Fsp3) is 1.00. The van der Waals surface area contributed by atoms with Crippen molar-refractivity contribution in [2.24, 2.45) is 23.2 Å². The summed E-state index contributed by atoms with van der Waals surface area (Å²) < 4.78 is 0. The molecule has 1 heteroatoms. The van der Waals surface area contributed by atoms with Crippen molar-refractivity contribution in [2.45, 2.75) is 46.0 Å². The van der Waals surface area contributed by atoms with Crippen molar-refractivity contribution in [3.8, 4) is 0 Å². The molecule has 3 unspecified atom stereocenters. The molecule has 0 radical (unpaired) electrons. The highest BCUT2D eigenvalue weighted by Crippen LogP contribution is 2.63. The van der Waals surface area contributed by atoms with Gasteiger partial charge in [-0.15, -0.1) is 0 Å². The van der Waals surface area contributed by atoms with Gasteiger partial charge in [-0.05, 0) is 42.4 Å². The Balaban J connectivity index is 1.98. The van der Waals surface area contributed by atoms with E-state index in [0.29, 0.717) is 5.41 Å². The van der Waals surface area contributed by atoms with Crippen molar-refractivity contribution < 1.29 is 0 Å². The number of rotatable bonds is 4. The molecule has 3 atom stereocenters. The molecule has 2 fully saturated rings. The van der Waals surface area contributed by atoms with Crippen LogP contribution in [0.2, 0.25) is 0 Å². The van der Waals surface area contributed by atoms with Crippen LogP contribution in [0.25, 0.3) is 0 Å². The molecule has 0 N–H and O–H groups in total. The van der Waals surface area contributed by atoms with Gasteiger partial charge in [0.15, 0.2) is 0 Å². The monoisotopic (exact) mass is 244 g/mol. The van der Waals surface area contributed by atoms with Crippen LogP contribution in [0.1, 0.15) is 46.0 Å². The van der Waals surface area contributed by atoms with Gasteiger partial charge in [-0.25, -0.2) is 0 Å². The first-order valence-corrected chi connectivity index (χ1v) is 6.90. The molecule has 0 amide bonds. The highest BCUT2D eigenvalue weighted by molar-refractivity contribution is 9.09. The van der Waals surface area contributed by atoms with Crippen LogP contribution in [0, 0.1) is 23.2 Å². The number of halogens is 1. The molecule has 2 saturated carbocycles. The minimum Gasteiger partial charge on any atom is -0.0922 e. The molecule has 0 heterocycles. The molecule has 0 aromatic heterocycles. The Morgan fingerprint density at radius 1 is 1.38 bits per heavy atom. The predicted octanol–water partition coefficient (Wildman–Crippen LogP) is 4.23. The van der Waals surface area contributed by atoms with Gasteiger partial charge in [0.25, 0.3) is 0 Å². The minimum absolute atomic E-state index is 0.684. The zero-order valence-electron chi connectivity index (χ0n) is 8.85. The first-order chi connectivity index (χ1) is 6.22. The van der Waals surface area contributed by atoms with E-state index in [9.17, 15) is 0 Å². The van der Waals surface area contributed by atoms with Crippen LogP contribution in [-0.4, -0.2) is 5.33 Å². The van der Waals surface area contributed by atoms with E-state index >= 15 is 0 Å². The van der Waals surface area contributed by atoms with Gasteiger partial charge in [0.1, 0.15) is 0 Å². The lowest BCUT2D eigenvalue weighted by Crippen LogP contribution is -2.29. The molecule has 2 aliphatic carbocycles. The first kappa shape index (κ1) is 10.0. The number of hydrogen-bond donors (Lipinski definition) is 0. The summed E-state index contributed by atoms with van der Waals surface area (Å²) in [5, 5.41) is 1.24. The van der Waals surface area contributed by atoms with E-state index in [2.05, 4.69) is 29.8 Å². The highest BCUT2D eigenvalue weighted by atomic mass is 79.9. The predicted molar refractivity (Wildman–Crippen MR) is 61.1 cm³/mol. The van der Waals surface area contributed by atoms with Gasteiger partial charge in [0, 0.05) is 5.33 Å². The lowest BCUT2D eigenvalue weighted by molar-refractivity contribution is 0.183.